The first kappa shape index (κ1) is 59.8. The molecule has 0 spiro atoms. The number of rotatable bonds is 26. The maximum absolute atomic E-state index is 14.1. The van der Waals surface area contributed by atoms with Crippen molar-refractivity contribution in [3.63, 3.8) is 0 Å². The van der Waals surface area contributed by atoms with Gasteiger partial charge in [0.05, 0.1) is 12.1 Å². The lowest BCUT2D eigenvalue weighted by atomic mass is 9.76. The molecule has 0 heterocycles. The van der Waals surface area contributed by atoms with E-state index in [1.165, 1.54) is 18.7 Å². The Kier molecular flexibility index (Phi) is 23.7. The molecule has 2 aromatic rings. The maximum atomic E-state index is 14.1. The van der Waals surface area contributed by atoms with E-state index in [9.17, 15) is 43.5 Å². The summed E-state index contributed by atoms with van der Waals surface area (Å²) >= 11 is 0. The van der Waals surface area contributed by atoms with Gasteiger partial charge in [-0.1, -0.05) is 99.6 Å². The molecule has 2 aromatic carbocycles. The number of ether oxygens (including phenoxy) is 1. The minimum Gasteiger partial charge on any atom is -0.478 e. The maximum Gasteiger partial charge on any atom is 0.411 e. The summed E-state index contributed by atoms with van der Waals surface area (Å²) in [5.41, 5.74) is 0.725. The van der Waals surface area contributed by atoms with Crippen LogP contribution in [-0.2, 0) is 50.3 Å². The van der Waals surface area contributed by atoms with Crippen LogP contribution < -0.4 is 37.2 Å². The van der Waals surface area contributed by atoms with Crippen molar-refractivity contribution in [3.05, 3.63) is 71.3 Å². The molecule has 2 rings (SSSR count). The molecule has 0 saturated heterocycles. The van der Waals surface area contributed by atoms with E-state index >= 15 is 0 Å². The molecule has 0 aromatic heterocycles. The van der Waals surface area contributed by atoms with E-state index in [2.05, 4.69) is 37.2 Å². The number of hydrogen-bond donors (Lipinski definition) is 8. The Morgan fingerprint density at radius 3 is 1.90 bits per heavy atom. The zero-order chi connectivity index (χ0) is 53.1. The van der Waals surface area contributed by atoms with Crippen molar-refractivity contribution in [1.82, 2.24) is 31.5 Å². The molecule has 0 aliphatic rings. The summed E-state index contributed by atoms with van der Waals surface area (Å²) in [6.07, 6.45) is 3.20. The Hall–Kier alpha value is -6.30. The number of nitrogens with one attached hydrogen (secondary N) is 7. The molecule has 0 unspecified atom stereocenters. The van der Waals surface area contributed by atoms with Crippen LogP contribution in [0.2, 0.25) is 0 Å². The number of amides is 7. The molecule has 18 nitrogen and oxygen atoms in total. The van der Waals surface area contributed by atoms with Crippen molar-refractivity contribution >= 4 is 58.9 Å². The Morgan fingerprint density at radius 1 is 0.743 bits per heavy atom. The smallest absolute Gasteiger partial charge is 0.411 e. The third kappa shape index (κ3) is 18.9. The van der Waals surface area contributed by atoms with Gasteiger partial charge in [0.15, 0.2) is 0 Å². The fraction of sp³-hybridized carbons (Fsp3) is 0.577. The van der Waals surface area contributed by atoms with Gasteiger partial charge in [-0.25, -0.2) is 9.59 Å². The molecule has 0 aliphatic carbocycles. The number of nitrogens with zero attached hydrogens (tertiary/aromatic N) is 1. The van der Waals surface area contributed by atoms with Gasteiger partial charge in [-0.3, -0.25) is 34.1 Å². The lowest BCUT2D eigenvalue weighted by Gasteiger charge is -2.40. The molecular formula is C52H80N8O10. The number of anilines is 2. The van der Waals surface area contributed by atoms with Gasteiger partial charge in [0, 0.05) is 48.8 Å². The van der Waals surface area contributed by atoms with E-state index in [0.717, 1.165) is 6.42 Å². The highest BCUT2D eigenvalue weighted by atomic mass is 16.5. The Bertz CT molecular complexity index is 2150. The van der Waals surface area contributed by atoms with Crippen molar-refractivity contribution in [2.45, 2.75) is 157 Å². The first-order chi connectivity index (χ1) is 32.6. The van der Waals surface area contributed by atoms with E-state index < -0.39 is 70.8 Å². The van der Waals surface area contributed by atoms with Gasteiger partial charge >= 0.3 is 12.1 Å². The van der Waals surface area contributed by atoms with Crippen molar-refractivity contribution in [3.8, 4) is 0 Å². The number of aliphatic carboxylic acids is 1. The summed E-state index contributed by atoms with van der Waals surface area (Å²) < 4.78 is 5.49. The highest BCUT2D eigenvalue weighted by molar-refractivity contribution is 5.98. The van der Waals surface area contributed by atoms with Crippen molar-refractivity contribution in [1.29, 1.82) is 0 Å². The van der Waals surface area contributed by atoms with Crippen molar-refractivity contribution < 1.29 is 48.2 Å². The number of likely N-dealkylation sites (N-methyl/N-ethyl adjacent to an activating group) is 2. The molecule has 5 atom stereocenters. The van der Waals surface area contributed by atoms with Gasteiger partial charge in [-0.05, 0) is 92.8 Å². The fourth-order valence-corrected chi connectivity index (χ4v) is 7.60. The van der Waals surface area contributed by atoms with Gasteiger partial charge in [0.25, 0.3) is 0 Å². The Balaban J connectivity index is 2.02. The monoisotopic (exact) mass is 977 g/mol. The van der Waals surface area contributed by atoms with Crippen LogP contribution in [-0.4, -0.2) is 108 Å². The predicted octanol–water partition coefficient (Wildman–Crippen LogP) is 6.02. The van der Waals surface area contributed by atoms with Gasteiger partial charge in [0.2, 0.25) is 35.4 Å². The Labute approximate surface area is 414 Å². The van der Waals surface area contributed by atoms with E-state index in [1.54, 1.807) is 76.5 Å². The average molecular weight is 977 g/mol. The average Bonchev–Trinajstić information content (AvgIpc) is 3.28. The lowest BCUT2D eigenvalue weighted by Crippen LogP contribution is -2.61. The van der Waals surface area contributed by atoms with Crippen LogP contribution in [0.25, 0.3) is 0 Å². The molecule has 0 saturated carbocycles. The van der Waals surface area contributed by atoms with Gasteiger partial charge < -0.3 is 46.6 Å². The highest BCUT2D eigenvalue weighted by Crippen LogP contribution is 2.31. The Morgan fingerprint density at radius 2 is 1.36 bits per heavy atom. The SMILES string of the molecule is CCCNC(=O)CCCCC(=O)N[C@H](C(=O)N[C@@H](C)C(=O)Nc1ccc(COC(=O)Nc2cccc(C(C)(C)[C@H](NC)C(=O)N[C@H](C(=O)N(C)[C@H](/C=C(\C)C(=O)O)C(C)C)C(C)(C)C)c2)cc1)C(C)C. The number of unbranched alkanes of at least 4 members (excludes halogenated alkanes) is 1. The van der Waals surface area contributed by atoms with Gasteiger partial charge in [-0.2, -0.15) is 0 Å². The molecule has 0 bridgehead atoms. The van der Waals surface area contributed by atoms with Crippen LogP contribution >= 0.6 is 0 Å². The van der Waals surface area contributed by atoms with Gasteiger partial charge in [0.1, 0.15) is 24.7 Å². The largest absolute Gasteiger partial charge is 0.478 e. The first-order valence-corrected chi connectivity index (χ1v) is 24.1. The van der Waals surface area contributed by atoms with E-state index in [0.29, 0.717) is 48.3 Å². The number of hydrogen-bond acceptors (Lipinski definition) is 10. The first-order valence-electron chi connectivity index (χ1n) is 24.1. The zero-order valence-electron chi connectivity index (χ0n) is 43.8. The lowest BCUT2D eigenvalue weighted by molar-refractivity contribution is -0.141. The molecule has 7 amide bonds. The second kappa shape index (κ2) is 27.8. The normalized spacial score (nSPS) is 14.0. The van der Waals surface area contributed by atoms with E-state index in [4.69, 9.17) is 4.74 Å². The van der Waals surface area contributed by atoms with E-state index in [1.807, 2.05) is 61.5 Å². The quantitative estimate of drug-likeness (QED) is 0.0400. The number of carboxylic acid groups (broad SMARTS) is 1. The van der Waals surface area contributed by atoms with Crippen LogP contribution in [0.5, 0.6) is 0 Å². The third-order valence-corrected chi connectivity index (χ3v) is 12.0. The summed E-state index contributed by atoms with van der Waals surface area (Å²) in [7, 11) is 3.26. The van der Waals surface area contributed by atoms with E-state index in [-0.39, 0.29) is 48.2 Å². The van der Waals surface area contributed by atoms with Gasteiger partial charge in [-0.15, -0.1) is 0 Å². The van der Waals surface area contributed by atoms with Crippen LogP contribution in [0.4, 0.5) is 16.2 Å². The van der Waals surface area contributed by atoms with Crippen LogP contribution in [0.3, 0.4) is 0 Å². The molecule has 0 aliphatic heterocycles. The summed E-state index contributed by atoms with van der Waals surface area (Å²) in [5.74, 6) is -3.58. The van der Waals surface area contributed by atoms with Crippen molar-refractivity contribution in [2.24, 2.45) is 17.3 Å². The van der Waals surface area contributed by atoms with Crippen LogP contribution in [0.15, 0.2) is 60.2 Å². The summed E-state index contributed by atoms with van der Waals surface area (Å²) in [6.45, 7) is 22.2. The minimum atomic E-state index is -1.08. The molecule has 0 radical (unpaired) electrons. The number of carbonyl (C=O) groups excluding carboxylic acids is 7. The zero-order valence-corrected chi connectivity index (χ0v) is 43.8. The minimum absolute atomic E-state index is 0.0532. The number of benzene rings is 2. The predicted molar refractivity (Wildman–Crippen MR) is 272 cm³/mol. The van der Waals surface area contributed by atoms with Crippen molar-refractivity contribution in [2.75, 3.05) is 31.3 Å². The second-order valence-electron chi connectivity index (χ2n) is 20.1. The van der Waals surface area contributed by atoms with Crippen LogP contribution in [0.1, 0.15) is 126 Å². The standard InChI is InChI=1S/C52H80N8O10/c1-15-27-54-40(61)21-16-17-22-41(62)58-42(32(4)5)46(64)55-34(7)45(63)56-37-25-23-35(24-26-37)30-70-50(69)57-38-20-18-19-36(29-38)52(11,12)43(53-13)47(65)59-44(51(8,9)10)48(66)60(14)39(31(2)3)28-33(6)49(67)68/h18-20,23-26,28-29,31-32,34,39,42-44,53H,15-17,21-22,27,30H2,1-14H3,(H,54,61)(H,55,64)(H,56,63)(H,57,69)(H,58,62)(H,59,65)(H,67,68)/b33-28+/t34-,39+,42-,43+,44+/m0/s1. The summed E-state index contributed by atoms with van der Waals surface area (Å²) in [4.78, 5) is 105. The molecule has 70 heavy (non-hydrogen) atoms. The third-order valence-electron chi connectivity index (χ3n) is 12.0. The highest BCUT2D eigenvalue weighted by Gasteiger charge is 2.42. The molecule has 18 heteroatoms. The second-order valence-corrected chi connectivity index (χ2v) is 20.1. The van der Waals surface area contributed by atoms with Crippen LogP contribution in [0, 0.1) is 17.3 Å². The summed E-state index contributed by atoms with van der Waals surface area (Å²) in [5, 5.41) is 29.3. The molecular weight excluding hydrogens is 897 g/mol. The summed E-state index contributed by atoms with van der Waals surface area (Å²) in [6, 6.07) is 9.51. The molecule has 388 valence electrons. The number of carbonyl (C=O) groups is 8. The molecule has 0 fully saturated rings. The fourth-order valence-electron chi connectivity index (χ4n) is 7.60. The molecule has 8 N–H and O–H groups in total. The number of carboxylic acids is 1. The topological polar surface area (TPSA) is 253 Å².